The molecule has 0 radical (unpaired) electrons. The molecule has 0 spiro atoms. The molecule has 0 aliphatic carbocycles. The van der Waals surface area contributed by atoms with Crippen molar-refractivity contribution in [2.45, 2.75) is 30.6 Å². The number of rotatable bonds is 8. The minimum absolute atomic E-state index is 0.0436. The zero-order chi connectivity index (χ0) is 17.5. The van der Waals surface area contributed by atoms with Crippen LogP contribution in [0.25, 0.3) is 0 Å². The monoisotopic (exact) mass is 350 g/mol. The summed E-state index contributed by atoms with van der Waals surface area (Å²) in [7, 11) is 0. The fourth-order valence-corrected chi connectivity index (χ4v) is 3.06. The Morgan fingerprint density at radius 1 is 1.29 bits per heavy atom. The molecule has 1 unspecified atom stereocenters. The van der Waals surface area contributed by atoms with E-state index in [1.165, 1.54) is 0 Å². The van der Waals surface area contributed by atoms with Gasteiger partial charge in [0.1, 0.15) is 0 Å². The number of aliphatic carboxylic acids is 1. The van der Waals surface area contributed by atoms with Gasteiger partial charge in [0.25, 0.3) is 0 Å². The smallest absolute Gasteiger partial charge is 0.303 e. The first-order chi connectivity index (χ1) is 11.5. The highest BCUT2D eigenvalue weighted by molar-refractivity contribution is 7.98. The Kier molecular flexibility index (Phi) is 6.66. The first kappa shape index (κ1) is 18.3. The number of nitrogens with one attached hydrogen (secondary N) is 1. The molecule has 1 aromatic carbocycles. The van der Waals surface area contributed by atoms with Gasteiger partial charge in [-0.3, -0.25) is 14.4 Å². The highest BCUT2D eigenvalue weighted by Gasteiger charge is 2.34. The minimum Gasteiger partial charge on any atom is -0.481 e. The second-order valence-electron chi connectivity index (χ2n) is 5.75. The molecule has 1 aliphatic rings. The van der Waals surface area contributed by atoms with Crippen molar-refractivity contribution in [3.05, 3.63) is 24.3 Å². The van der Waals surface area contributed by atoms with Crippen molar-refractivity contribution >= 4 is 35.2 Å². The van der Waals surface area contributed by atoms with Crippen LogP contribution in [-0.2, 0) is 14.4 Å². The lowest BCUT2D eigenvalue weighted by molar-refractivity contribution is -0.137. The molecule has 2 N–H and O–H groups in total. The average Bonchev–Trinajstić information content (AvgIpc) is 2.96. The average molecular weight is 350 g/mol. The summed E-state index contributed by atoms with van der Waals surface area (Å²) in [5, 5.41) is 11.4. The molecule has 1 heterocycles. The third-order valence-corrected chi connectivity index (χ3v) is 4.74. The zero-order valence-electron chi connectivity index (χ0n) is 13.7. The Labute approximate surface area is 145 Å². The Morgan fingerprint density at radius 3 is 2.62 bits per heavy atom. The number of unbranched alkanes of at least 4 members (excludes halogenated alkanes) is 1. The molecular formula is C17H22N2O4S. The van der Waals surface area contributed by atoms with Crippen molar-refractivity contribution in [2.75, 3.05) is 24.2 Å². The number of benzene rings is 1. The summed E-state index contributed by atoms with van der Waals surface area (Å²) in [5.74, 6) is -1.36. The van der Waals surface area contributed by atoms with E-state index in [0.29, 0.717) is 25.9 Å². The van der Waals surface area contributed by atoms with E-state index in [9.17, 15) is 14.4 Å². The topological polar surface area (TPSA) is 86.7 Å². The molecule has 0 saturated carbocycles. The van der Waals surface area contributed by atoms with Crippen LogP contribution in [0.15, 0.2) is 29.2 Å². The van der Waals surface area contributed by atoms with Gasteiger partial charge in [-0.05, 0) is 43.4 Å². The fraction of sp³-hybridized carbons (Fsp3) is 0.471. The van der Waals surface area contributed by atoms with Crippen molar-refractivity contribution in [3.8, 4) is 0 Å². The van der Waals surface area contributed by atoms with E-state index in [1.807, 2.05) is 30.5 Å². The molecule has 6 nitrogen and oxygen atoms in total. The van der Waals surface area contributed by atoms with Crippen LogP contribution in [0.1, 0.15) is 25.7 Å². The van der Waals surface area contributed by atoms with Crippen molar-refractivity contribution in [2.24, 2.45) is 5.92 Å². The maximum Gasteiger partial charge on any atom is 0.303 e. The lowest BCUT2D eigenvalue weighted by atomic mass is 10.1. The number of carbonyl (C=O) groups is 3. The SMILES string of the molecule is CSc1ccc(N2CC(C(=O)NCCCCC(=O)O)CC2=O)cc1. The number of amides is 2. The Hall–Kier alpha value is -2.02. The van der Waals surface area contributed by atoms with Crippen LogP contribution in [0.2, 0.25) is 0 Å². The van der Waals surface area contributed by atoms with E-state index in [4.69, 9.17) is 5.11 Å². The summed E-state index contributed by atoms with van der Waals surface area (Å²) in [6.07, 6.45) is 3.47. The molecule has 2 amide bonds. The van der Waals surface area contributed by atoms with Crippen molar-refractivity contribution in [1.29, 1.82) is 0 Å². The number of carboxylic acids is 1. The molecule has 130 valence electrons. The van der Waals surface area contributed by atoms with E-state index in [2.05, 4.69) is 5.32 Å². The predicted molar refractivity (Wildman–Crippen MR) is 93.2 cm³/mol. The van der Waals surface area contributed by atoms with E-state index in [1.54, 1.807) is 16.7 Å². The molecule has 1 fully saturated rings. The maximum atomic E-state index is 12.2. The highest BCUT2D eigenvalue weighted by Crippen LogP contribution is 2.27. The van der Waals surface area contributed by atoms with Crippen LogP contribution in [0.4, 0.5) is 5.69 Å². The van der Waals surface area contributed by atoms with Gasteiger partial charge in [0.15, 0.2) is 0 Å². The number of carbonyl (C=O) groups excluding carboxylic acids is 2. The number of hydrogen-bond donors (Lipinski definition) is 2. The van der Waals surface area contributed by atoms with Gasteiger partial charge in [-0.1, -0.05) is 0 Å². The van der Waals surface area contributed by atoms with Crippen molar-refractivity contribution in [1.82, 2.24) is 5.32 Å². The maximum absolute atomic E-state index is 12.2. The van der Waals surface area contributed by atoms with Crippen LogP contribution in [0.3, 0.4) is 0 Å². The Morgan fingerprint density at radius 2 is 2.00 bits per heavy atom. The van der Waals surface area contributed by atoms with Crippen LogP contribution >= 0.6 is 11.8 Å². The van der Waals surface area contributed by atoms with Gasteiger partial charge in [0, 0.05) is 36.5 Å². The van der Waals surface area contributed by atoms with Gasteiger partial charge in [-0.2, -0.15) is 0 Å². The van der Waals surface area contributed by atoms with Crippen LogP contribution in [-0.4, -0.2) is 42.2 Å². The third-order valence-electron chi connectivity index (χ3n) is 4.00. The first-order valence-corrected chi connectivity index (χ1v) is 9.17. The number of hydrogen-bond acceptors (Lipinski definition) is 4. The van der Waals surface area contributed by atoms with E-state index in [-0.39, 0.29) is 30.6 Å². The summed E-state index contributed by atoms with van der Waals surface area (Å²) < 4.78 is 0. The van der Waals surface area contributed by atoms with Crippen molar-refractivity contribution in [3.63, 3.8) is 0 Å². The van der Waals surface area contributed by atoms with Crippen LogP contribution < -0.4 is 10.2 Å². The predicted octanol–water partition coefficient (Wildman–Crippen LogP) is 2.13. The second-order valence-corrected chi connectivity index (χ2v) is 6.62. The molecule has 2 rings (SSSR count). The van der Waals surface area contributed by atoms with E-state index >= 15 is 0 Å². The number of carboxylic acid groups (broad SMARTS) is 1. The normalized spacial score (nSPS) is 17.1. The Balaban J connectivity index is 1.82. The summed E-state index contributed by atoms with van der Waals surface area (Å²) in [6, 6.07) is 7.72. The molecule has 24 heavy (non-hydrogen) atoms. The van der Waals surface area contributed by atoms with Gasteiger partial charge in [-0.15, -0.1) is 11.8 Å². The standard InChI is InChI=1S/C17H22N2O4S/c1-24-14-7-5-13(6-8-14)19-11-12(10-15(19)20)17(23)18-9-3-2-4-16(21)22/h5-8,12H,2-4,9-11H2,1H3,(H,18,23)(H,21,22). The minimum atomic E-state index is -0.828. The molecule has 0 aromatic heterocycles. The molecular weight excluding hydrogens is 328 g/mol. The van der Waals surface area contributed by atoms with Gasteiger partial charge in [0.2, 0.25) is 11.8 Å². The lowest BCUT2D eigenvalue weighted by Gasteiger charge is -2.17. The molecule has 1 aromatic rings. The lowest BCUT2D eigenvalue weighted by Crippen LogP contribution is -2.33. The van der Waals surface area contributed by atoms with Gasteiger partial charge in [-0.25, -0.2) is 0 Å². The second kappa shape index (κ2) is 8.73. The summed E-state index contributed by atoms with van der Waals surface area (Å²) >= 11 is 1.64. The Bertz CT molecular complexity index is 603. The van der Waals surface area contributed by atoms with Crippen molar-refractivity contribution < 1.29 is 19.5 Å². The largest absolute Gasteiger partial charge is 0.481 e. The van der Waals surface area contributed by atoms with Gasteiger partial charge < -0.3 is 15.3 Å². The molecule has 1 aliphatic heterocycles. The highest BCUT2D eigenvalue weighted by atomic mass is 32.2. The number of nitrogens with zero attached hydrogens (tertiary/aromatic N) is 1. The van der Waals surface area contributed by atoms with Gasteiger partial charge >= 0.3 is 5.97 Å². The third kappa shape index (κ3) is 4.99. The number of anilines is 1. The molecule has 0 bridgehead atoms. The van der Waals surface area contributed by atoms with E-state index in [0.717, 1.165) is 10.6 Å². The molecule has 7 heteroatoms. The number of thioether (sulfide) groups is 1. The van der Waals surface area contributed by atoms with Crippen LogP contribution in [0, 0.1) is 5.92 Å². The fourth-order valence-electron chi connectivity index (χ4n) is 2.65. The summed E-state index contributed by atoms with van der Waals surface area (Å²) in [4.78, 5) is 37.5. The van der Waals surface area contributed by atoms with Crippen LogP contribution in [0.5, 0.6) is 0 Å². The first-order valence-electron chi connectivity index (χ1n) is 7.95. The molecule has 1 atom stereocenters. The quantitative estimate of drug-likeness (QED) is 0.554. The summed E-state index contributed by atoms with van der Waals surface area (Å²) in [6.45, 7) is 0.831. The molecule has 1 saturated heterocycles. The zero-order valence-corrected chi connectivity index (χ0v) is 14.5. The van der Waals surface area contributed by atoms with E-state index < -0.39 is 5.97 Å². The van der Waals surface area contributed by atoms with Gasteiger partial charge in [0.05, 0.1) is 5.92 Å². The summed E-state index contributed by atoms with van der Waals surface area (Å²) in [5.41, 5.74) is 0.814.